The number of amides is 1. The normalized spacial score (nSPS) is 12.1. The molecule has 158 valence electrons. The Hall–Kier alpha value is -3.28. The van der Waals surface area contributed by atoms with Crippen molar-refractivity contribution in [1.82, 2.24) is 19.3 Å². The molecule has 0 spiro atoms. The van der Waals surface area contributed by atoms with Crippen LogP contribution in [-0.2, 0) is 23.2 Å². The SMILES string of the molecule is Cc1cccc(C(F)(F)F)c1S(=O)(=O)NC(=O)c1cn(C)c(-c2ncccc2F)n1. The molecule has 0 saturated carbocycles. The Morgan fingerprint density at radius 3 is 2.50 bits per heavy atom. The van der Waals surface area contributed by atoms with E-state index in [1.54, 1.807) is 4.72 Å². The number of hydrogen-bond acceptors (Lipinski definition) is 5. The lowest BCUT2D eigenvalue weighted by Gasteiger charge is -2.15. The molecule has 0 bridgehead atoms. The van der Waals surface area contributed by atoms with Crippen molar-refractivity contribution in [2.75, 3.05) is 0 Å². The summed E-state index contributed by atoms with van der Waals surface area (Å²) in [5.74, 6) is -2.06. The number of carbonyl (C=O) groups is 1. The van der Waals surface area contributed by atoms with E-state index in [1.807, 2.05) is 0 Å². The van der Waals surface area contributed by atoms with E-state index in [1.165, 1.54) is 36.9 Å². The van der Waals surface area contributed by atoms with Crippen LogP contribution in [0.2, 0.25) is 0 Å². The van der Waals surface area contributed by atoms with Crippen molar-refractivity contribution in [3.05, 3.63) is 65.4 Å². The number of aromatic nitrogens is 3. The second kappa shape index (κ2) is 7.52. The van der Waals surface area contributed by atoms with Crippen molar-refractivity contribution in [1.29, 1.82) is 0 Å². The van der Waals surface area contributed by atoms with Crippen LogP contribution in [0.1, 0.15) is 21.6 Å². The number of halogens is 4. The maximum atomic E-state index is 13.9. The van der Waals surface area contributed by atoms with Crippen LogP contribution in [0.5, 0.6) is 0 Å². The first-order chi connectivity index (χ1) is 13.9. The summed E-state index contributed by atoms with van der Waals surface area (Å²) in [4.78, 5) is 19.1. The molecule has 12 heteroatoms. The molecular weight excluding hydrogens is 428 g/mol. The number of nitrogens with one attached hydrogen (secondary N) is 1. The van der Waals surface area contributed by atoms with Gasteiger partial charge in [0.1, 0.15) is 16.3 Å². The van der Waals surface area contributed by atoms with Crippen LogP contribution < -0.4 is 4.72 Å². The Morgan fingerprint density at radius 2 is 1.87 bits per heavy atom. The molecule has 0 aliphatic rings. The van der Waals surface area contributed by atoms with E-state index in [0.717, 1.165) is 18.3 Å². The van der Waals surface area contributed by atoms with E-state index in [2.05, 4.69) is 9.97 Å². The number of aryl methyl sites for hydroxylation is 2. The number of pyridine rings is 1. The maximum absolute atomic E-state index is 13.9. The molecule has 7 nitrogen and oxygen atoms in total. The van der Waals surface area contributed by atoms with Crippen molar-refractivity contribution in [3.63, 3.8) is 0 Å². The van der Waals surface area contributed by atoms with Crippen LogP contribution in [0.25, 0.3) is 11.5 Å². The molecule has 0 fully saturated rings. The van der Waals surface area contributed by atoms with Crippen LogP contribution in [0.15, 0.2) is 47.6 Å². The van der Waals surface area contributed by atoms with Gasteiger partial charge in [-0.05, 0) is 30.7 Å². The lowest BCUT2D eigenvalue weighted by atomic mass is 10.1. The van der Waals surface area contributed by atoms with Gasteiger partial charge in [-0.3, -0.25) is 4.79 Å². The lowest BCUT2D eigenvalue weighted by Crippen LogP contribution is -2.33. The molecule has 2 aromatic heterocycles. The molecule has 1 aromatic carbocycles. The minimum absolute atomic E-state index is 0.0671. The zero-order valence-corrected chi connectivity index (χ0v) is 16.3. The minimum atomic E-state index is -4.95. The molecule has 30 heavy (non-hydrogen) atoms. The van der Waals surface area contributed by atoms with Crippen LogP contribution in [-0.4, -0.2) is 28.9 Å². The van der Waals surface area contributed by atoms with Crippen molar-refractivity contribution >= 4 is 15.9 Å². The Morgan fingerprint density at radius 1 is 1.17 bits per heavy atom. The van der Waals surface area contributed by atoms with Gasteiger partial charge in [-0.2, -0.15) is 13.2 Å². The number of carbonyl (C=O) groups excluding carboxylic acids is 1. The van der Waals surface area contributed by atoms with Crippen LogP contribution in [0.4, 0.5) is 17.6 Å². The van der Waals surface area contributed by atoms with Crippen molar-refractivity contribution in [2.24, 2.45) is 7.05 Å². The van der Waals surface area contributed by atoms with Gasteiger partial charge in [-0.25, -0.2) is 27.5 Å². The standard InChI is InChI=1S/C18H14F4N4O3S/c1-10-5-3-6-11(18(20,21)22)15(10)30(28,29)25-17(27)13-9-26(2)16(24-13)14-12(19)7-4-8-23-14/h3-9H,1-2H3,(H,25,27). The van der Waals surface area contributed by atoms with Crippen molar-refractivity contribution in [2.45, 2.75) is 18.0 Å². The molecule has 0 aliphatic heterocycles. The number of alkyl halides is 3. The van der Waals surface area contributed by atoms with Crippen molar-refractivity contribution in [3.8, 4) is 11.5 Å². The molecule has 3 rings (SSSR count). The molecular formula is C18H14F4N4O3S. The predicted octanol–water partition coefficient (Wildman–Crippen LogP) is 3.07. The van der Waals surface area contributed by atoms with Gasteiger partial charge in [0.05, 0.1) is 5.56 Å². The summed E-state index contributed by atoms with van der Waals surface area (Å²) in [7, 11) is -3.47. The third-order valence-electron chi connectivity index (χ3n) is 4.09. The van der Waals surface area contributed by atoms with Crippen LogP contribution >= 0.6 is 0 Å². The summed E-state index contributed by atoms with van der Waals surface area (Å²) in [6.07, 6.45) is -2.54. The zero-order valence-electron chi connectivity index (χ0n) is 15.5. The van der Waals surface area contributed by atoms with Gasteiger partial charge in [0.2, 0.25) is 0 Å². The number of imidazole rings is 1. The zero-order chi connectivity index (χ0) is 22.3. The molecule has 0 aliphatic carbocycles. The summed E-state index contributed by atoms with van der Waals surface area (Å²) < 4.78 is 81.7. The largest absolute Gasteiger partial charge is 0.417 e. The monoisotopic (exact) mass is 442 g/mol. The highest BCUT2D eigenvalue weighted by Crippen LogP contribution is 2.35. The number of rotatable bonds is 4. The lowest BCUT2D eigenvalue weighted by molar-refractivity contribution is -0.140. The van der Waals surface area contributed by atoms with E-state index in [0.29, 0.717) is 6.07 Å². The van der Waals surface area contributed by atoms with Gasteiger partial charge in [-0.1, -0.05) is 12.1 Å². The average Bonchev–Trinajstić information content (AvgIpc) is 3.02. The highest BCUT2D eigenvalue weighted by atomic mass is 32.2. The Balaban J connectivity index is 1.98. The Kier molecular flexibility index (Phi) is 5.37. The second-order valence-corrected chi connectivity index (χ2v) is 7.90. The number of sulfonamides is 1. The second-order valence-electron chi connectivity index (χ2n) is 6.28. The fraction of sp³-hybridized carbons (Fsp3) is 0.167. The number of benzene rings is 1. The summed E-state index contributed by atoms with van der Waals surface area (Å²) in [5.41, 5.74) is -2.22. The smallest absolute Gasteiger partial charge is 0.332 e. The molecule has 0 radical (unpaired) electrons. The minimum Gasteiger partial charge on any atom is -0.332 e. The summed E-state index contributed by atoms with van der Waals surface area (Å²) in [5, 5.41) is 0. The summed E-state index contributed by atoms with van der Waals surface area (Å²) in [6.45, 7) is 1.18. The first-order valence-electron chi connectivity index (χ1n) is 8.30. The third kappa shape index (κ3) is 4.03. The molecule has 3 aromatic rings. The van der Waals surface area contributed by atoms with Gasteiger partial charge in [0.25, 0.3) is 15.9 Å². The average molecular weight is 442 g/mol. The maximum Gasteiger partial charge on any atom is 0.417 e. The first kappa shape index (κ1) is 21.4. The molecule has 0 saturated heterocycles. The van der Waals surface area contributed by atoms with Crippen molar-refractivity contribution < 1.29 is 30.8 Å². The van der Waals surface area contributed by atoms with E-state index in [9.17, 15) is 30.8 Å². The summed E-state index contributed by atoms with van der Waals surface area (Å²) >= 11 is 0. The number of nitrogens with zero attached hydrogens (tertiary/aromatic N) is 3. The Labute approximate surface area is 168 Å². The van der Waals surface area contributed by atoms with Crippen LogP contribution in [0.3, 0.4) is 0 Å². The van der Waals surface area contributed by atoms with E-state index in [4.69, 9.17) is 0 Å². The topological polar surface area (TPSA) is 94.0 Å². The highest BCUT2D eigenvalue weighted by molar-refractivity contribution is 7.90. The molecule has 0 atom stereocenters. The molecule has 0 unspecified atom stereocenters. The van der Waals surface area contributed by atoms with Crippen LogP contribution in [0, 0.1) is 12.7 Å². The molecule has 1 amide bonds. The quantitative estimate of drug-likeness (QED) is 0.627. The van der Waals surface area contributed by atoms with Gasteiger partial charge < -0.3 is 4.57 Å². The fourth-order valence-electron chi connectivity index (χ4n) is 2.80. The van der Waals surface area contributed by atoms with Gasteiger partial charge in [0, 0.05) is 19.4 Å². The van der Waals surface area contributed by atoms with E-state index in [-0.39, 0.29) is 17.1 Å². The Bertz CT molecular complexity index is 1240. The van der Waals surface area contributed by atoms with E-state index < -0.39 is 44.1 Å². The first-order valence-corrected chi connectivity index (χ1v) is 9.78. The summed E-state index contributed by atoms with van der Waals surface area (Å²) in [6, 6.07) is 5.32. The number of hydrogen-bond donors (Lipinski definition) is 1. The fourth-order valence-corrected chi connectivity index (χ4v) is 4.22. The van der Waals surface area contributed by atoms with Gasteiger partial charge in [0.15, 0.2) is 11.6 Å². The highest BCUT2D eigenvalue weighted by Gasteiger charge is 2.38. The third-order valence-corrected chi connectivity index (χ3v) is 5.63. The van der Waals surface area contributed by atoms with Gasteiger partial charge >= 0.3 is 6.18 Å². The molecule has 2 heterocycles. The predicted molar refractivity (Wildman–Crippen MR) is 97.2 cm³/mol. The molecule has 1 N–H and O–H groups in total. The van der Waals surface area contributed by atoms with E-state index >= 15 is 0 Å². The van der Waals surface area contributed by atoms with Gasteiger partial charge in [-0.15, -0.1) is 0 Å².